The summed E-state index contributed by atoms with van der Waals surface area (Å²) in [6.45, 7) is 9.68. The summed E-state index contributed by atoms with van der Waals surface area (Å²) in [7, 11) is 1.94. The van der Waals surface area contributed by atoms with Crippen molar-refractivity contribution in [1.82, 2.24) is 9.97 Å². The SMILES string of the molecule is CCN(c1nc(C(C)C)nc(NC)c1C)C1CCCC1. The van der Waals surface area contributed by atoms with E-state index in [1.807, 2.05) is 7.05 Å². The quantitative estimate of drug-likeness (QED) is 0.890. The maximum absolute atomic E-state index is 4.87. The van der Waals surface area contributed by atoms with Gasteiger partial charge in [-0.05, 0) is 26.7 Å². The van der Waals surface area contributed by atoms with Crippen molar-refractivity contribution in [3.8, 4) is 0 Å². The first-order valence-electron chi connectivity index (χ1n) is 7.91. The van der Waals surface area contributed by atoms with Crippen LogP contribution in [-0.2, 0) is 0 Å². The molecule has 1 saturated carbocycles. The molecule has 1 aromatic rings. The number of aromatic nitrogens is 2. The normalized spacial score (nSPS) is 15.9. The van der Waals surface area contributed by atoms with Gasteiger partial charge in [-0.3, -0.25) is 0 Å². The standard InChI is InChI=1S/C16H28N4/c1-6-20(13-9-7-8-10-13)16-12(4)15(17-5)18-14(19-16)11(2)3/h11,13H,6-10H2,1-5H3,(H,17,18,19). The van der Waals surface area contributed by atoms with Crippen molar-refractivity contribution in [2.24, 2.45) is 0 Å². The Balaban J connectivity index is 2.43. The van der Waals surface area contributed by atoms with E-state index in [9.17, 15) is 0 Å². The van der Waals surface area contributed by atoms with Crippen LogP contribution in [0.5, 0.6) is 0 Å². The molecule has 2 rings (SSSR count). The summed E-state index contributed by atoms with van der Waals surface area (Å²) in [5, 5.41) is 3.22. The van der Waals surface area contributed by atoms with E-state index in [4.69, 9.17) is 4.98 Å². The van der Waals surface area contributed by atoms with Gasteiger partial charge in [0.05, 0.1) is 0 Å². The van der Waals surface area contributed by atoms with Gasteiger partial charge in [0.15, 0.2) is 0 Å². The molecule has 0 aromatic carbocycles. The van der Waals surface area contributed by atoms with Crippen LogP contribution in [0.15, 0.2) is 0 Å². The maximum atomic E-state index is 4.87. The third-order valence-electron chi connectivity index (χ3n) is 4.27. The highest BCUT2D eigenvalue weighted by Gasteiger charge is 2.25. The first-order chi connectivity index (χ1) is 9.58. The van der Waals surface area contributed by atoms with Crippen molar-refractivity contribution in [3.05, 3.63) is 11.4 Å². The van der Waals surface area contributed by atoms with Gasteiger partial charge in [0.25, 0.3) is 0 Å². The van der Waals surface area contributed by atoms with E-state index in [1.54, 1.807) is 0 Å². The number of anilines is 2. The largest absolute Gasteiger partial charge is 0.373 e. The highest BCUT2D eigenvalue weighted by atomic mass is 15.2. The van der Waals surface area contributed by atoms with Crippen LogP contribution in [-0.4, -0.2) is 29.6 Å². The molecule has 0 amide bonds. The minimum atomic E-state index is 0.351. The summed E-state index contributed by atoms with van der Waals surface area (Å²) >= 11 is 0. The fraction of sp³-hybridized carbons (Fsp3) is 0.750. The van der Waals surface area contributed by atoms with Crippen molar-refractivity contribution in [2.75, 3.05) is 23.8 Å². The molecule has 1 N–H and O–H groups in total. The molecule has 0 spiro atoms. The fourth-order valence-electron chi connectivity index (χ4n) is 3.10. The molecule has 20 heavy (non-hydrogen) atoms. The van der Waals surface area contributed by atoms with E-state index < -0.39 is 0 Å². The Morgan fingerprint density at radius 2 is 1.90 bits per heavy atom. The lowest BCUT2D eigenvalue weighted by atomic mass is 10.1. The molecular weight excluding hydrogens is 248 g/mol. The van der Waals surface area contributed by atoms with Crippen molar-refractivity contribution in [1.29, 1.82) is 0 Å². The minimum Gasteiger partial charge on any atom is -0.373 e. The van der Waals surface area contributed by atoms with Gasteiger partial charge in [-0.2, -0.15) is 0 Å². The second kappa shape index (κ2) is 6.42. The number of hydrogen-bond acceptors (Lipinski definition) is 4. The molecule has 1 aliphatic carbocycles. The van der Waals surface area contributed by atoms with E-state index in [2.05, 4.69) is 42.9 Å². The average Bonchev–Trinajstić information content (AvgIpc) is 2.95. The van der Waals surface area contributed by atoms with Gasteiger partial charge >= 0.3 is 0 Å². The van der Waals surface area contributed by atoms with Crippen molar-refractivity contribution < 1.29 is 0 Å². The Bertz CT molecular complexity index is 450. The molecule has 0 atom stereocenters. The van der Waals surface area contributed by atoms with E-state index in [-0.39, 0.29) is 0 Å². The lowest BCUT2D eigenvalue weighted by molar-refractivity contribution is 0.606. The Morgan fingerprint density at radius 1 is 1.25 bits per heavy atom. The zero-order chi connectivity index (χ0) is 14.7. The Morgan fingerprint density at radius 3 is 2.40 bits per heavy atom. The van der Waals surface area contributed by atoms with Gasteiger partial charge in [-0.1, -0.05) is 26.7 Å². The molecule has 1 fully saturated rings. The second-order valence-electron chi connectivity index (χ2n) is 6.01. The molecule has 4 heteroatoms. The second-order valence-corrected chi connectivity index (χ2v) is 6.01. The van der Waals surface area contributed by atoms with E-state index in [0.717, 1.165) is 24.0 Å². The van der Waals surface area contributed by atoms with Crippen LogP contribution in [0.25, 0.3) is 0 Å². The van der Waals surface area contributed by atoms with Crippen LogP contribution in [0.4, 0.5) is 11.6 Å². The number of nitrogens with one attached hydrogen (secondary N) is 1. The Labute approximate surface area is 123 Å². The number of nitrogens with zero attached hydrogens (tertiary/aromatic N) is 3. The fourth-order valence-corrected chi connectivity index (χ4v) is 3.10. The molecule has 1 aliphatic rings. The van der Waals surface area contributed by atoms with Crippen LogP contribution in [0.1, 0.15) is 63.8 Å². The van der Waals surface area contributed by atoms with Gasteiger partial charge in [0, 0.05) is 31.1 Å². The van der Waals surface area contributed by atoms with Crippen LogP contribution >= 0.6 is 0 Å². The third-order valence-corrected chi connectivity index (χ3v) is 4.27. The molecule has 0 aliphatic heterocycles. The summed E-state index contributed by atoms with van der Waals surface area (Å²) in [4.78, 5) is 12.0. The molecule has 0 bridgehead atoms. The minimum absolute atomic E-state index is 0.351. The molecule has 0 unspecified atom stereocenters. The molecule has 0 saturated heterocycles. The zero-order valence-electron chi connectivity index (χ0n) is 13.5. The summed E-state index contributed by atoms with van der Waals surface area (Å²) in [6.07, 6.45) is 5.29. The Hall–Kier alpha value is -1.32. The highest BCUT2D eigenvalue weighted by molar-refractivity contribution is 5.59. The van der Waals surface area contributed by atoms with Crippen LogP contribution in [0.3, 0.4) is 0 Å². The molecule has 4 nitrogen and oxygen atoms in total. The average molecular weight is 276 g/mol. The van der Waals surface area contributed by atoms with E-state index in [1.165, 1.54) is 31.2 Å². The smallest absolute Gasteiger partial charge is 0.137 e. The lowest BCUT2D eigenvalue weighted by Gasteiger charge is -2.31. The first-order valence-corrected chi connectivity index (χ1v) is 7.91. The first kappa shape index (κ1) is 15.1. The zero-order valence-corrected chi connectivity index (χ0v) is 13.5. The predicted molar refractivity (Wildman–Crippen MR) is 85.7 cm³/mol. The van der Waals surface area contributed by atoms with Crippen LogP contribution in [0, 0.1) is 6.92 Å². The number of hydrogen-bond donors (Lipinski definition) is 1. The summed E-state index contributed by atoms with van der Waals surface area (Å²) < 4.78 is 0. The van der Waals surface area contributed by atoms with Gasteiger partial charge in [-0.15, -0.1) is 0 Å². The van der Waals surface area contributed by atoms with E-state index in [0.29, 0.717) is 12.0 Å². The Kier molecular flexibility index (Phi) is 4.84. The van der Waals surface area contributed by atoms with Gasteiger partial charge in [0.1, 0.15) is 17.5 Å². The van der Waals surface area contributed by atoms with Crippen LogP contribution < -0.4 is 10.2 Å². The summed E-state index contributed by atoms with van der Waals surface area (Å²) in [6, 6.07) is 0.651. The van der Waals surface area contributed by atoms with Gasteiger partial charge < -0.3 is 10.2 Å². The molecule has 1 aromatic heterocycles. The number of rotatable bonds is 5. The van der Waals surface area contributed by atoms with Crippen molar-refractivity contribution >= 4 is 11.6 Å². The highest BCUT2D eigenvalue weighted by Crippen LogP contribution is 2.31. The topological polar surface area (TPSA) is 41.1 Å². The molecule has 1 heterocycles. The van der Waals surface area contributed by atoms with Gasteiger partial charge in [0.2, 0.25) is 0 Å². The summed E-state index contributed by atoms with van der Waals surface area (Å²) in [5.74, 6) is 3.38. The maximum Gasteiger partial charge on any atom is 0.137 e. The molecule has 112 valence electrons. The van der Waals surface area contributed by atoms with Crippen molar-refractivity contribution in [3.63, 3.8) is 0 Å². The van der Waals surface area contributed by atoms with E-state index >= 15 is 0 Å². The van der Waals surface area contributed by atoms with Gasteiger partial charge in [-0.25, -0.2) is 9.97 Å². The van der Waals surface area contributed by atoms with Crippen molar-refractivity contribution in [2.45, 2.75) is 65.3 Å². The third kappa shape index (κ3) is 2.89. The van der Waals surface area contributed by atoms with Crippen LogP contribution in [0.2, 0.25) is 0 Å². The molecular formula is C16H28N4. The molecule has 0 radical (unpaired) electrons. The monoisotopic (exact) mass is 276 g/mol. The lowest BCUT2D eigenvalue weighted by Crippen LogP contribution is -2.34. The summed E-state index contributed by atoms with van der Waals surface area (Å²) in [5.41, 5.74) is 1.17. The predicted octanol–water partition coefficient (Wildman–Crippen LogP) is 3.72.